The molecule has 0 unspecified atom stereocenters. The maximum absolute atomic E-state index is 12.3. The van der Waals surface area contributed by atoms with Crippen LogP contribution in [-0.4, -0.2) is 36.1 Å². The van der Waals surface area contributed by atoms with E-state index in [0.29, 0.717) is 18.8 Å². The summed E-state index contributed by atoms with van der Waals surface area (Å²) in [5.74, 6) is 0.592. The van der Waals surface area contributed by atoms with Crippen LogP contribution in [0.2, 0.25) is 0 Å². The van der Waals surface area contributed by atoms with Crippen molar-refractivity contribution in [1.82, 2.24) is 4.90 Å². The highest BCUT2D eigenvalue weighted by Crippen LogP contribution is 2.16. The second kappa shape index (κ2) is 5.77. The largest absolute Gasteiger partial charge is 0.456 e. The second-order valence-electron chi connectivity index (χ2n) is 4.62. The molecule has 0 bridgehead atoms. The van der Waals surface area contributed by atoms with E-state index in [0.717, 1.165) is 0 Å². The quantitative estimate of drug-likeness (QED) is 0.476. The Morgan fingerprint density at radius 2 is 2.16 bits per heavy atom. The smallest absolute Gasteiger partial charge is 0.289 e. The first kappa shape index (κ1) is 13.5. The van der Waals surface area contributed by atoms with Crippen LogP contribution in [0.3, 0.4) is 0 Å². The van der Waals surface area contributed by atoms with Crippen LogP contribution >= 0.6 is 0 Å². The fourth-order valence-electron chi connectivity index (χ4n) is 2.18. The third-order valence-corrected chi connectivity index (χ3v) is 2.87. The molecule has 1 aromatic heterocycles. The number of rotatable bonds is 3. The topological polar surface area (TPSA) is 91.4 Å². The number of morpholine rings is 1. The maximum Gasteiger partial charge on any atom is 0.289 e. The summed E-state index contributed by atoms with van der Waals surface area (Å²) in [4.78, 5) is 16.6. The molecule has 1 amide bonds. The van der Waals surface area contributed by atoms with E-state index in [4.69, 9.17) is 14.7 Å². The van der Waals surface area contributed by atoms with Gasteiger partial charge in [0.15, 0.2) is 5.76 Å². The number of furan rings is 1. The molecule has 0 saturated carbocycles. The van der Waals surface area contributed by atoms with Crippen molar-refractivity contribution in [1.29, 1.82) is 0 Å². The van der Waals surface area contributed by atoms with Crippen LogP contribution < -0.4 is 0 Å². The van der Waals surface area contributed by atoms with E-state index in [9.17, 15) is 4.79 Å². The first-order valence-corrected chi connectivity index (χ1v) is 6.14. The van der Waals surface area contributed by atoms with E-state index in [2.05, 4.69) is 10.0 Å². The van der Waals surface area contributed by atoms with Gasteiger partial charge in [0.25, 0.3) is 5.91 Å². The summed E-state index contributed by atoms with van der Waals surface area (Å²) in [7, 11) is 0. The molecule has 1 aromatic rings. The Morgan fingerprint density at radius 1 is 1.47 bits per heavy atom. The molecule has 2 heterocycles. The molecule has 2 atom stereocenters. The van der Waals surface area contributed by atoms with Gasteiger partial charge in [-0.2, -0.15) is 0 Å². The number of ether oxygens (including phenoxy) is 1. The van der Waals surface area contributed by atoms with Gasteiger partial charge in [0.2, 0.25) is 0 Å². The van der Waals surface area contributed by atoms with Crippen molar-refractivity contribution in [3.63, 3.8) is 0 Å². The number of hydrogen-bond acceptors (Lipinski definition) is 4. The molecule has 2 rings (SSSR count). The van der Waals surface area contributed by atoms with E-state index in [1.165, 1.54) is 0 Å². The second-order valence-corrected chi connectivity index (χ2v) is 4.62. The minimum Gasteiger partial charge on any atom is -0.456 e. The van der Waals surface area contributed by atoms with Gasteiger partial charge in [-0.05, 0) is 31.5 Å². The van der Waals surface area contributed by atoms with Crippen molar-refractivity contribution in [2.75, 3.05) is 13.1 Å². The Bertz CT molecular complexity index is 497. The Balaban J connectivity index is 2.06. The van der Waals surface area contributed by atoms with E-state index in [1.54, 1.807) is 17.0 Å². The maximum atomic E-state index is 12.3. The first-order valence-electron chi connectivity index (χ1n) is 6.14. The van der Waals surface area contributed by atoms with Crippen molar-refractivity contribution >= 4 is 5.91 Å². The molecule has 7 heteroatoms. The van der Waals surface area contributed by atoms with E-state index < -0.39 is 0 Å². The van der Waals surface area contributed by atoms with Gasteiger partial charge in [-0.15, -0.1) is 0 Å². The Hall–Kier alpha value is -1.98. The van der Waals surface area contributed by atoms with E-state index in [-0.39, 0.29) is 30.4 Å². The molecule has 0 aromatic carbocycles. The van der Waals surface area contributed by atoms with Crippen LogP contribution in [0.25, 0.3) is 10.4 Å². The SMILES string of the molecule is C[C@@H]1CN(C(=O)c2ccc(CN=[N+]=[N-])o2)C[C@H](C)O1. The number of carbonyl (C=O) groups excluding carboxylic acids is 1. The third-order valence-electron chi connectivity index (χ3n) is 2.87. The summed E-state index contributed by atoms with van der Waals surface area (Å²) in [6, 6.07) is 3.25. The normalized spacial score (nSPS) is 22.9. The van der Waals surface area contributed by atoms with Crippen LogP contribution in [0.4, 0.5) is 0 Å². The molecule has 102 valence electrons. The number of amides is 1. The summed E-state index contributed by atoms with van der Waals surface area (Å²) in [5, 5.41) is 3.39. The van der Waals surface area contributed by atoms with Gasteiger partial charge in [0.1, 0.15) is 5.76 Å². The molecule has 1 fully saturated rings. The van der Waals surface area contributed by atoms with Crippen molar-refractivity contribution in [3.05, 3.63) is 34.1 Å². The number of azide groups is 1. The number of hydrogen-bond donors (Lipinski definition) is 0. The Kier molecular flexibility index (Phi) is 4.09. The zero-order valence-corrected chi connectivity index (χ0v) is 10.9. The standard InChI is InChI=1S/C12H16N4O3/c1-8-6-16(7-9(2)18-8)12(17)11-4-3-10(19-11)5-14-15-13/h3-4,8-9H,5-7H2,1-2H3/t8-,9+. The van der Waals surface area contributed by atoms with Gasteiger partial charge in [0, 0.05) is 18.0 Å². The lowest BCUT2D eigenvalue weighted by molar-refractivity contribution is -0.0592. The summed E-state index contributed by atoms with van der Waals surface area (Å²) in [5.41, 5.74) is 8.23. The summed E-state index contributed by atoms with van der Waals surface area (Å²) < 4.78 is 11.0. The van der Waals surface area contributed by atoms with Crippen LogP contribution in [-0.2, 0) is 11.3 Å². The van der Waals surface area contributed by atoms with Crippen LogP contribution in [0.5, 0.6) is 0 Å². The van der Waals surface area contributed by atoms with Crippen LogP contribution in [0.15, 0.2) is 21.7 Å². The molecule has 19 heavy (non-hydrogen) atoms. The predicted molar refractivity (Wildman–Crippen MR) is 67.5 cm³/mol. The molecule has 1 saturated heterocycles. The highest BCUT2D eigenvalue weighted by Gasteiger charge is 2.28. The van der Waals surface area contributed by atoms with Crippen molar-refractivity contribution in [2.24, 2.45) is 5.11 Å². The third kappa shape index (κ3) is 3.27. The van der Waals surface area contributed by atoms with E-state index >= 15 is 0 Å². The number of nitrogens with zero attached hydrogens (tertiary/aromatic N) is 4. The highest BCUT2D eigenvalue weighted by atomic mass is 16.5. The zero-order valence-electron chi connectivity index (χ0n) is 10.9. The molecule has 1 aliphatic heterocycles. The molecule has 7 nitrogen and oxygen atoms in total. The van der Waals surface area contributed by atoms with Gasteiger partial charge < -0.3 is 14.1 Å². The monoisotopic (exact) mass is 264 g/mol. The van der Waals surface area contributed by atoms with Crippen molar-refractivity contribution < 1.29 is 13.9 Å². The molecule has 0 radical (unpaired) electrons. The first-order chi connectivity index (χ1) is 9.10. The highest BCUT2D eigenvalue weighted by molar-refractivity contribution is 5.91. The van der Waals surface area contributed by atoms with Gasteiger partial charge in [-0.1, -0.05) is 5.11 Å². The molecule has 0 N–H and O–H groups in total. The summed E-state index contributed by atoms with van der Waals surface area (Å²) in [6.07, 6.45) is 0.0376. The minimum absolute atomic E-state index is 0.0188. The van der Waals surface area contributed by atoms with E-state index in [1.807, 2.05) is 13.8 Å². The molecule has 1 aliphatic rings. The zero-order chi connectivity index (χ0) is 13.8. The van der Waals surface area contributed by atoms with Crippen LogP contribution in [0, 0.1) is 0 Å². The lowest BCUT2D eigenvalue weighted by atomic mass is 10.2. The fraction of sp³-hybridized carbons (Fsp3) is 0.583. The van der Waals surface area contributed by atoms with Gasteiger partial charge in [-0.3, -0.25) is 4.79 Å². The molecular formula is C12H16N4O3. The Morgan fingerprint density at radius 3 is 2.79 bits per heavy atom. The lowest BCUT2D eigenvalue weighted by Crippen LogP contribution is -2.48. The number of carbonyl (C=O) groups is 1. The molecule has 0 aliphatic carbocycles. The summed E-state index contributed by atoms with van der Waals surface area (Å²) >= 11 is 0. The molecule has 0 spiro atoms. The predicted octanol–water partition coefficient (Wildman–Crippen LogP) is 2.34. The average molecular weight is 264 g/mol. The summed E-state index contributed by atoms with van der Waals surface area (Å²) in [6.45, 7) is 5.08. The van der Waals surface area contributed by atoms with Gasteiger partial charge in [-0.25, -0.2) is 0 Å². The van der Waals surface area contributed by atoms with Gasteiger partial charge >= 0.3 is 0 Å². The Labute approximate surface area is 110 Å². The fourth-order valence-corrected chi connectivity index (χ4v) is 2.18. The lowest BCUT2D eigenvalue weighted by Gasteiger charge is -2.34. The minimum atomic E-state index is -0.158. The molecular weight excluding hydrogens is 248 g/mol. The van der Waals surface area contributed by atoms with Crippen molar-refractivity contribution in [3.8, 4) is 0 Å². The van der Waals surface area contributed by atoms with Gasteiger partial charge in [0.05, 0.1) is 18.8 Å². The van der Waals surface area contributed by atoms with Crippen LogP contribution in [0.1, 0.15) is 30.2 Å². The average Bonchev–Trinajstić information content (AvgIpc) is 2.83. The van der Waals surface area contributed by atoms with Crippen molar-refractivity contribution in [2.45, 2.75) is 32.6 Å².